The predicted octanol–water partition coefficient (Wildman–Crippen LogP) is 2.34. The van der Waals surface area contributed by atoms with Crippen LogP contribution in [0.2, 0.25) is 0 Å². The first-order valence-corrected chi connectivity index (χ1v) is 6.66. The Hall–Kier alpha value is -1.00. The Kier molecular flexibility index (Phi) is 4.30. The number of halogens is 1. The Morgan fingerprint density at radius 1 is 1.50 bits per heavy atom. The smallest absolute Gasteiger partial charge is 0.141 e. The molecule has 4 heteroatoms. The van der Waals surface area contributed by atoms with Crippen molar-refractivity contribution < 1.29 is 4.39 Å². The molecule has 1 heterocycles. The summed E-state index contributed by atoms with van der Waals surface area (Å²) in [6.45, 7) is 2.84. The number of aromatic nitrogens is 1. The summed E-state index contributed by atoms with van der Waals surface area (Å²) in [7, 11) is 2.11. The Morgan fingerprint density at radius 2 is 2.28 bits per heavy atom. The number of pyridine rings is 1. The fourth-order valence-electron chi connectivity index (χ4n) is 3.01. The van der Waals surface area contributed by atoms with Crippen LogP contribution in [0.25, 0.3) is 0 Å². The van der Waals surface area contributed by atoms with E-state index >= 15 is 0 Å². The highest BCUT2D eigenvalue weighted by Gasteiger charge is 2.31. The van der Waals surface area contributed by atoms with Crippen LogP contribution in [0.15, 0.2) is 18.5 Å². The minimum atomic E-state index is -0.269. The second-order valence-electron chi connectivity index (χ2n) is 5.27. The fourth-order valence-corrected chi connectivity index (χ4v) is 3.01. The van der Waals surface area contributed by atoms with Gasteiger partial charge >= 0.3 is 0 Å². The van der Waals surface area contributed by atoms with E-state index in [2.05, 4.69) is 23.9 Å². The standard InChI is InChI=1S/C14H22FN3/c1-10(12-6-13(15)9-17-8-12)18(2)14-5-3-4-11(14)7-16/h6,8-11,14H,3-5,7,16H2,1-2H3. The van der Waals surface area contributed by atoms with E-state index in [0.717, 1.165) is 12.1 Å². The van der Waals surface area contributed by atoms with Crippen molar-refractivity contribution in [2.75, 3.05) is 13.6 Å². The van der Waals surface area contributed by atoms with E-state index in [1.165, 1.54) is 25.5 Å². The van der Waals surface area contributed by atoms with Crippen molar-refractivity contribution in [1.82, 2.24) is 9.88 Å². The molecule has 2 rings (SSSR count). The summed E-state index contributed by atoms with van der Waals surface area (Å²) in [6.07, 6.45) is 6.63. The molecule has 0 aromatic carbocycles. The lowest BCUT2D eigenvalue weighted by molar-refractivity contribution is 0.152. The highest BCUT2D eigenvalue weighted by atomic mass is 19.1. The number of nitrogens with two attached hydrogens (primary N) is 1. The summed E-state index contributed by atoms with van der Waals surface area (Å²) in [5.74, 6) is 0.300. The number of hydrogen-bond acceptors (Lipinski definition) is 3. The van der Waals surface area contributed by atoms with Gasteiger partial charge in [-0.3, -0.25) is 9.88 Å². The molecule has 1 aromatic heterocycles. The Morgan fingerprint density at radius 3 is 2.94 bits per heavy atom. The maximum Gasteiger partial charge on any atom is 0.141 e. The highest BCUT2D eigenvalue weighted by Crippen LogP contribution is 2.33. The first-order chi connectivity index (χ1) is 8.63. The molecule has 1 aliphatic rings. The largest absolute Gasteiger partial charge is 0.330 e. The minimum absolute atomic E-state index is 0.172. The third-order valence-corrected chi connectivity index (χ3v) is 4.26. The molecule has 0 bridgehead atoms. The molecule has 0 saturated heterocycles. The predicted molar refractivity (Wildman–Crippen MR) is 70.6 cm³/mol. The van der Waals surface area contributed by atoms with Gasteiger partial charge in [-0.05, 0) is 50.9 Å². The second kappa shape index (κ2) is 5.76. The highest BCUT2D eigenvalue weighted by molar-refractivity contribution is 5.14. The monoisotopic (exact) mass is 251 g/mol. The van der Waals surface area contributed by atoms with Gasteiger partial charge in [-0.25, -0.2) is 4.39 Å². The normalized spacial score (nSPS) is 25.6. The van der Waals surface area contributed by atoms with Crippen molar-refractivity contribution in [3.8, 4) is 0 Å². The first-order valence-electron chi connectivity index (χ1n) is 6.66. The van der Waals surface area contributed by atoms with Gasteiger partial charge in [0.15, 0.2) is 0 Å². The summed E-state index contributed by atoms with van der Waals surface area (Å²) in [5, 5.41) is 0. The Labute approximate surface area is 108 Å². The maximum atomic E-state index is 13.2. The average molecular weight is 251 g/mol. The molecule has 3 nitrogen and oxygen atoms in total. The maximum absolute atomic E-state index is 13.2. The van der Waals surface area contributed by atoms with Gasteiger partial charge in [0.25, 0.3) is 0 Å². The molecule has 3 atom stereocenters. The fraction of sp³-hybridized carbons (Fsp3) is 0.643. The molecule has 0 radical (unpaired) electrons. The van der Waals surface area contributed by atoms with Crippen molar-refractivity contribution in [3.63, 3.8) is 0 Å². The molecule has 1 fully saturated rings. The lowest BCUT2D eigenvalue weighted by Crippen LogP contribution is -2.39. The van der Waals surface area contributed by atoms with E-state index in [1.807, 2.05) is 0 Å². The van der Waals surface area contributed by atoms with Gasteiger partial charge in [0.05, 0.1) is 6.20 Å². The van der Waals surface area contributed by atoms with Gasteiger partial charge < -0.3 is 5.73 Å². The summed E-state index contributed by atoms with van der Waals surface area (Å²) in [4.78, 5) is 6.25. The van der Waals surface area contributed by atoms with Crippen LogP contribution in [0.4, 0.5) is 4.39 Å². The van der Waals surface area contributed by atoms with Crippen molar-refractivity contribution in [3.05, 3.63) is 29.8 Å². The Bertz CT molecular complexity index is 396. The molecule has 0 spiro atoms. The van der Waals surface area contributed by atoms with E-state index in [0.29, 0.717) is 12.0 Å². The molecule has 1 aliphatic carbocycles. The molecular formula is C14H22FN3. The van der Waals surface area contributed by atoms with Gasteiger partial charge in [-0.15, -0.1) is 0 Å². The van der Waals surface area contributed by atoms with Crippen LogP contribution in [-0.2, 0) is 0 Å². The van der Waals surface area contributed by atoms with Gasteiger partial charge in [0.1, 0.15) is 5.82 Å². The molecule has 0 aliphatic heterocycles. The lowest BCUT2D eigenvalue weighted by Gasteiger charge is -2.34. The average Bonchev–Trinajstić information content (AvgIpc) is 2.85. The molecule has 1 saturated carbocycles. The molecule has 3 unspecified atom stereocenters. The van der Waals surface area contributed by atoms with Crippen LogP contribution in [0.5, 0.6) is 0 Å². The first kappa shape index (κ1) is 13.4. The van der Waals surface area contributed by atoms with Crippen LogP contribution < -0.4 is 5.73 Å². The summed E-state index contributed by atoms with van der Waals surface area (Å²) < 4.78 is 13.2. The minimum Gasteiger partial charge on any atom is -0.330 e. The zero-order valence-corrected chi connectivity index (χ0v) is 11.1. The Balaban J connectivity index is 2.10. The lowest BCUT2D eigenvalue weighted by atomic mass is 9.99. The van der Waals surface area contributed by atoms with E-state index in [4.69, 9.17) is 5.73 Å². The van der Waals surface area contributed by atoms with Crippen LogP contribution in [0, 0.1) is 11.7 Å². The van der Waals surface area contributed by atoms with Crippen molar-refractivity contribution in [1.29, 1.82) is 0 Å². The molecular weight excluding hydrogens is 229 g/mol. The van der Waals surface area contributed by atoms with Gasteiger partial charge in [0, 0.05) is 18.3 Å². The molecule has 1 aromatic rings. The summed E-state index contributed by atoms with van der Waals surface area (Å²) >= 11 is 0. The van der Waals surface area contributed by atoms with Crippen LogP contribution in [0.3, 0.4) is 0 Å². The summed E-state index contributed by atoms with van der Waals surface area (Å²) in [5.41, 5.74) is 6.76. The topological polar surface area (TPSA) is 42.2 Å². The second-order valence-corrected chi connectivity index (χ2v) is 5.27. The SMILES string of the molecule is CC(c1cncc(F)c1)N(C)C1CCCC1CN. The van der Waals surface area contributed by atoms with E-state index in [9.17, 15) is 4.39 Å². The molecule has 18 heavy (non-hydrogen) atoms. The zero-order chi connectivity index (χ0) is 13.1. The third-order valence-electron chi connectivity index (χ3n) is 4.26. The van der Waals surface area contributed by atoms with Gasteiger partial charge in [-0.1, -0.05) is 6.42 Å². The van der Waals surface area contributed by atoms with Crippen molar-refractivity contribution in [2.24, 2.45) is 11.7 Å². The van der Waals surface area contributed by atoms with E-state index in [1.54, 1.807) is 12.3 Å². The number of nitrogens with zero attached hydrogens (tertiary/aromatic N) is 2. The summed E-state index contributed by atoms with van der Waals surface area (Å²) in [6, 6.07) is 2.25. The molecule has 100 valence electrons. The quantitative estimate of drug-likeness (QED) is 0.893. The van der Waals surface area contributed by atoms with E-state index in [-0.39, 0.29) is 11.9 Å². The zero-order valence-electron chi connectivity index (χ0n) is 11.1. The van der Waals surface area contributed by atoms with Crippen molar-refractivity contribution >= 4 is 0 Å². The van der Waals surface area contributed by atoms with Gasteiger partial charge in [-0.2, -0.15) is 0 Å². The third kappa shape index (κ3) is 2.70. The molecule has 0 amide bonds. The molecule has 2 N–H and O–H groups in total. The van der Waals surface area contributed by atoms with Crippen LogP contribution in [-0.4, -0.2) is 29.5 Å². The van der Waals surface area contributed by atoms with E-state index < -0.39 is 0 Å². The van der Waals surface area contributed by atoms with Crippen molar-refractivity contribution in [2.45, 2.75) is 38.3 Å². The number of rotatable bonds is 4. The van der Waals surface area contributed by atoms with Gasteiger partial charge in [0.2, 0.25) is 0 Å². The van der Waals surface area contributed by atoms with Crippen LogP contribution >= 0.6 is 0 Å². The van der Waals surface area contributed by atoms with Crippen LogP contribution in [0.1, 0.15) is 37.8 Å². The number of hydrogen-bond donors (Lipinski definition) is 1.